The van der Waals surface area contributed by atoms with Crippen LogP contribution in [-0.2, 0) is 5.41 Å². The van der Waals surface area contributed by atoms with Gasteiger partial charge in [0.05, 0.1) is 93.8 Å². The number of rotatable bonds is 5. The highest BCUT2D eigenvalue weighted by molar-refractivity contribution is 6.43. The second-order valence-electron chi connectivity index (χ2n) is 40.3. The summed E-state index contributed by atoms with van der Waals surface area (Å²) < 4.78 is 17.3. The first-order chi connectivity index (χ1) is 70.3. The van der Waals surface area contributed by atoms with Gasteiger partial charge in [-0.2, -0.15) is 0 Å². The molecule has 1 aliphatic rings. The van der Waals surface area contributed by atoms with Gasteiger partial charge in [-0.25, -0.2) is 0 Å². The zero-order valence-corrected chi connectivity index (χ0v) is 77.3. The fourth-order valence-corrected chi connectivity index (χ4v) is 27.6. The summed E-state index contributed by atoms with van der Waals surface area (Å²) >= 11 is 0. The third-order valence-corrected chi connectivity index (χ3v) is 33.3. The van der Waals surface area contributed by atoms with Gasteiger partial charge in [-0.1, -0.05) is 311 Å². The maximum Gasteiger partial charge on any atom is 0.0627 e. The van der Waals surface area contributed by atoms with Gasteiger partial charge in [0.15, 0.2) is 0 Å². The van der Waals surface area contributed by atoms with Crippen molar-refractivity contribution in [2.75, 3.05) is 0 Å². The van der Waals surface area contributed by atoms with E-state index in [0.29, 0.717) is 0 Å². The molecule has 0 bridgehead atoms. The van der Waals surface area contributed by atoms with Crippen molar-refractivity contribution in [1.82, 2.24) is 31.5 Å². The maximum atomic E-state index is 2.52. The number of benzene rings is 25. The first-order valence-corrected chi connectivity index (χ1v) is 49.6. The molecule has 142 heavy (non-hydrogen) atoms. The third-order valence-electron chi connectivity index (χ3n) is 33.3. The zero-order valence-electron chi connectivity index (χ0n) is 77.3. The van der Waals surface area contributed by atoms with Crippen LogP contribution in [-0.4, -0.2) is 31.5 Å². The van der Waals surface area contributed by atoms with Gasteiger partial charge in [-0.3, -0.25) is 0 Å². The second kappa shape index (κ2) is 27.0. The first kappa shape index (κ1) is 75.6. The molecule has 0 fully saturated rings. The summed E-state index contributed by atoms with van der Waals surface area (Å²) in [5.41, 5.74) is 34.3. The summed E-state index contributed by atoms with van der Waals surface area (Å²) in [5, 5.41) is 42.3. The van der Waals surface area contributed by atoms with Crippen molar-refractivity contribution in [1.29, 1.82) is 0 Å². The van der Waals surface area contributed by atoms with E-state index in [2.05, 4.69) is 488 Å². The number of aromatic nitrogens is 7. The minimum atomic E-state index is 0.0305. The van der Waals surface area contributed by atoms with Gasteiger partial charge in [-0.05, 0) is 244 Å². The molecular weight excluding hydrogens is 1720 g/mol. The Kier molecular flexibility index (Phi) is 14.4. The van der Waals surface area contributed by atoms with Crippen LogP contribution in [0.4, 0.5) is 0 Å². The maximum absolute atomic E-state index is 2.52. The minimum Gasteiger partial charge on any atom is -0.309 e. The van der Waals surface area contributed by atoms with E-state index < -0.39 is 0 Å². The van der Waals surface area contributed by atoms with Crippen LogP contribution in [0.5, 0.6) is 0 Å². The van der Waals surface area contributed by atoms with Gasteiger partial charge in [-0.15, -0.1) is 0 Å². The highest BCUT2D eigenvalue weighted by Crippen LogP contribution is 2.56. The van der Waals surface area contributed by atoms with Crippen LogP contribution in [0.1, 0.15) is 25.0 Å². The van der Waals surface area contributed by atoms with Crippen molar-refractivity contribution in [3.63, 3.8) is 0 Å². The molecule has 7 heteroatoms. The number of hydrogen-bond donors (Lipinski definition) is 0. The Morgan fingerprint density at radius 3 is 0.859 bits per heavy atom. The van der Waals surface area contributed by atoms with E-state index in [0.717, 1.165) is 0 Å². The highest BCUT2D eigenvalue weighted by Gasteiger charge is 2.37. The molecule has 654 valence electrons. The predicted molar refractivity (Wildman–Crippen MR) is 602 cm³/mol. The lowest BCUT2D eigenvalue weighted by Gasteiger charge is -2.21. The largest absolute Gasteiger partial charge is 0.309 e. The number of para-hydroxylation sites is 6. The van der Waals surface area contributed by atoms with Gasteiger partial charge >= 0.3 is 0 Å². The molecule has 25 aromatic carbocycles. The van der Waals surface area contributed by atoms with E-state index >= 15 is 0 Å². The Morgan fingerprint density at radius 2 is 0.423 bits per heavy atom. The van der Waals surface area contributed by atoms with Crippen molar-refractivity contribution in [3.05, 3.63) is 454 Å². The van der Waals surface area contributed by atoms with Gasteiger partial charge < -0.3 is 31.5 Å². The standard InChI is InChI=1S/2C48H27N3.C39H25N/c1-2-11-28(12-3-1)49-40-18-8-6-15-32(40)38-27-45-39(26-44(38)49)33-16-7-9-19-41(33)50(45)29-21-24-42-37(25-29)36-23-22-35-31-14-5-4-13-30(31)34-17-10-20-43-46(34)47(35)48(36)51(42)43;1-2-11-28(12-3-1)49-38-18-8-6-15-35(38)45-42(49)25-26-43-46(45)36-16-7-9-19-39(36)50(43)29-21-24-40-37(27-29)34-23-22-33-31-14-5-4-13-30(31)32-17-10-20-41-44(32)47(33)48(34)51(40)41;1-39(2)32-12-6-5-10-26(32)30-20-22(14-18-33(30)39)23-15-19-34-31(21-23)29-17-16-28-25-9-4-3-8-24(25)27-11-7-13-35-36(27)37(28)38(29)40(34)35/h2*1-27H;3-21H,1-2H3. The molecule has 0 saturated heterocycles. The molecule has 7 nitrogen and oxygen atoms in total. The third kappa shape index (κ3) is 9.46. The van der Waals surface area contributed by atoms with Crippen LogP contribution in [0.15, 0.2) is 443 Å². The lowest BCUT2D eigenvalue weighted by molar-refractivity contribution is 0.660. The molecule has 36 rings (SSSR count). The molecule has 10 aromatic heterocycles. The van der Waals surface area contributed by atoms with E-state index in [9.17, 15) is 0 Å². The highest BCUT2D eigenvalue weighted by atomic mass is 15.0. The predicted octanol–water partition coefficient (Wildman–Crippen LogP) is 36.1. The summed E-state index contributed by atoms with van der Waals surface area (Å²) in [5.74, 6) is 0. The summed E-state index contributed by atoms with van der Waals surface area (Å²) in [6, 6.07) is 165. The van der Waals surface area contributed by atoms with Crippen LogP contribution >= 0.6 is 0 Å². The normalized spacial score (nSPS) is 13.2. The average Bonchev–Trinajstić information content (AvgIpc) is 1.52. The Balaban J connectivity index is 0.0000000933. The molecule has 1 aliphatic carbocycles. The molecular formula is C135H79N7. The molecule has 0 saturated carbocycles. The van der Waals surface area contributed by atoms with Crippen LogP contribution in [0.2, 0.25) is 0 Å². The van der Waals surface area contributed by atoms with Crippen molar-refractivity contribution < 1.29 is 0 Å². The Hall–Kier alpha value is -18.6. The fraction of sp³-hybridized carbons (Fsp3) is 0.0222. The minimum absolute atomic E-state index is 0.0305. The van der Waals surface area contributed by atoms with Crippen molar-refractivity contribution in [2.45, 2.75) is 19.3 Å². The molecule has 0 spiro atoms. The number of fused-ring (bicyclic) bond motifs is 37. The number of hydrogen-bond acceptors (Lipinski definition) is 0. The summed E-state index contributed by atoms with van der Waals surface area (Å²) in [4.78, 5) is 0. The molecule has 10 heterocycles. The van der Waals surface area contributed by atoms with E-state index in [1.807, 2.05) is 0 Å². The van der Waals surface area contributed by atoms with E-state index in [-0.39, 0.29) is 5.41 Å². The van der Waals surface area contributed by atoms with E-state index in [4.69, 9.17) is 0 Å². The summed E-state index contributed by atoms with van der Waals surface area (Å²) in [6.07, 6.45) is 0. The average molecular weight is 1800 g/mol. The van der Waals surface area contributed by atoms with Crippen LogP contribution in [0, 0.1) is 0 Å². The molecule has 35 aromatic rings. The lowest BCUT2D eigenvalue weighted by atomic mass is 9.82. The topological polar surface area (TPSA) is 33.0 Å². The molecule has 0 aliphatic heterocycles. The van der Waals surface area contributed by atoms with Crippen LogP contribution in [0.3, 0.4) is 0 Å². The Bertz CT molecular complexity index is 11400. The zero-order chi connectivity index (χ0) is 92.2. The summed E-state index contributed by atoms with van der Waals surface area (Å²) in [6.45, 7) is 4.69. The smallest absolute Gasteiger partial charge is 0.0627 e. The quantitative estimate of drug-likeness (QED) is 0.154. The van der Waals surface area contributed by atoms with Crippen molar-refractivity contribution in [3.8, 4) is 45.0 Å². The lowest BCUT2D eigenvalue weighted by Crippen LogP contribution is -2.14. The fourth-order valence-electron chi connectivity index (χ4n) is 27.6. The summed E-state index contributed by atoms with van der Waals surface area (Å²) in [7, 11) is 0. The first-order valence-electron chi connectivity index (χ1n) is 49.6. The van der Waals surface area contributed by atoms with Crippen LogP contribution < -0.4 is 0 Å². The molecule has 0 radical (unpaired) electrons. The van der Waals surface area contributed by atoms with Crippen molar-refractivity contribution in [2.24, 2.45) is 0 Å². The van der Waals surface area contributed by atoms with Gasteiger partial charge in [0, 0.05) is 136 Å². The molecule has 0 unspecified atom stereocenters. The molecule has 0 atom stereocenters. The molecule has 0 amide bonds. The van der Waals surface area contributed by atoms with Crippen LogP contribution in [0.25, 0.3) is 311 Å². The van der Waals surface area contributed by atoms with Gasteiger partial charge in [0.25, 0.3) is 0 Å². The van der Waals surface area contributed by atoms with Gasteiger partial charge in [0.2, 0.25) is 0 Å². The Labute approximate surface area is 810 Å². The van der Waals surface area contributed by atoms with E-state index in [1.54, 1.807) is 0 Å². The van der Waals surface area contributed by atoms with Crippen molar-refractivity contribution >= 4 is 266 Å². The monoisotopic (exact) mass is 1800 g/mol. The number of nitrogens with zero attached hydrogens (tertiary/aromatic N) is 7. The second-order valence-corrected chi connectivity index (χ2v) is 40.3. The Morgan fingerprint density at radius 1 is 0.141 bits per heavy atom. The van der Waals surface area contributed by atoms with E-state index in [1.165, 1.54) is 322 Å². The SMILES string of the molecule is CC1(C)c2ccccc2-c2cc(-c3ccc4c(c3)c3ccc5c6ccccc6c6cccc7c6c5c3n47)ccc21.c1ccc(-n2c3ccccc3c3c4c5ccccc5n(-c5ccc6c(c5)c5ccc7c8ccccc8c8cccc9c8c7c5n69)c4ccc32)cc1.c1ccc(-n2c3ccccc3c3cc4c(cc32)c2ccccc2n4-c2ccc3c(c2)c2ccc4c5ccccc5c5cccc6c5c4c2n36)cc1. The van der Waals surface area contributed by atoms with Gasteiger partial charge in [0.1, 0.15) is 0 Å². The molecule has 0 N–H and O–H groups in total.